The van der Waals surface area contributed by atoms with Gasteiger partial charge < -0.3 is 14.5 Å². The Morgan fingerprint density at radius 3 is 2.64 bits per heavy atom. The zero-order valence-electron chi connectivity index (χ0n) is 15.9. The third kappa shape index (κ3) is 3.87. The molecule has 0 spiro atoms. The Bertz CT molecular complexity index is 1000. The summed E-state index contributed by atoms with van der Waals surface area (Å²) in [4.78, 5) is 26.4. The Kier molecular flexibility index (Phi) is 5.30. The first-order chi connectivity index (χ1) is 13.6. The first kappa shape index (κ1) is 18.5. The van der Waals surface area contributed by atoms with Crippen LogP contribution in [-0.4, -0.2) is 43.0 Å². The van der Waals surface area contributed by atoms with E-state index in [2.05, 4.69) is 10.2 Å². The highest BCUT2D eigenvalue weighted by atomic mass is 16.5. The van der Waals surface area contributed by atoms with Crippen molar-refractivity contribution < 1.29 is 18.7 Å². The van der Waals surface area contributed by atoms with Crippen molar-refractivity contribution in [2.75, 3.05) is 31.6 Å². The van der Waals surface area contributed by atoms with Gasteiger partial charge >= 0.3 is 5.97 Å². The molecule has 6 nitrogen and oxygen atoms in total. The molecule has 0 bridgehead atoms. The summed E-state index contributed by atoms with van der Waals surface area (Å²) >= 11 is 0. The summed E-state index contributed by atoms with van der Waals surface area (Å²) in [7, 11) is 0. The maximum atomic E-state index is 12.5. The van der Waals surface area contributed by atoms with Crippen LogP contribution in [0, 0.1) is 5.92 Å². The van der Waals surface area contributed by atoms with Crippen molar-refractivity contribution in [3.05, 3.63) is 42.5 Å². The lowest BCUT2D eigenvalue weighted by atomic mass is 9.97. The number of carbonyl (C=O) groups excluding carboxylic acids is 2. The zero-order chi connectivity index (χ0) is 19.5. The Morgan fingerprint density at radius 2 is 1.86 bits per heavy atom. The number of likely N-dealkylation sites (tertiary alicyclic amines) is 1. The van der Waals surface area contributed by atoms with E-state index in [0.717, 1.165) is 53.6 Å². The molecule has 1 aliphatic rings. The molecule has 6 heteroatoms. The van der Waals surface area contributed by atoms with E-state index in [1.165, 1.54) is 0 Å². The van der Waals surface area contributed by atoms with Gasteiger partial charge in [-0.3, -0.25) is 14.5 Å². The number of para-hydroxylation sites is 1. The van der Waals surface area contributed by atoms with Crippen molar-refractivity contribution in [3.8, 4) is 0 Å². The van der Waals surface area contributed by atoms with Crippen LogP contribution < -0.4 is 5.32 Å². The smallest absolute Gasteiger partial charge is 0.309 e. The van der Waals surface area contributed by atoms with Crippen molar-refractivity contribution in [1.82, 2.24) is 4.90 Å². The molecular formula is C22H24N2O4. The lowest BCUT2D eigenvalue weighted by Crippen LogP contribution is -2.41. The van der Waals surface area contributed by atoms with Gasteiger partial charge in [-0.05, 0) is 57.1 Å². The van der Waals surface area contributed by atoms with Crippen LogP contribution in [0.15, 0.2) is 46.9 Å². The molecule has 1 saturated heterocycles. The summed E-state index contributed by atoms with van der Waals surface area (Å²) in [5.41, 5.74) is 2.40. The topological polar surface area (TPSA) is 71.8 Å². The van der Waals surface area contributed by atoms with Crippen LogP contribution in [0.1, 0.15) is 19.8 Å². The summed E-state index contributed by atoms with van der Waals surface area (Å²) in [6, 6.07) is 13.6. The number of nitrogens with one attached hydrogen (secondary N) is 1. The average Bonchev–Trinajstić information content (AvgIpc) is 3.07. The average molecular weight is 380 g/mol. The number of rotatable bonds is 5. The van der Waals surface area contributed by atoms with Crippen molar-refractivity contribution in [2.24, 2.45) is 5.92 Å². The van der Waals surface area contributed by atoms with Gasteiger partial charge in [0.1, 0.15) is 11.2 Å². The summed E-state index contributed by atoms with van der Waals surface area (Å²) in [5.74, 6) is -0.218. The number of fused-ring (bicyclic) bond motifs is 3. The molecule has 4 rings (SSSR count). The van der Waals surface area contributed by atoms with Gasteiger partial charge in [0.15, 0.2) is 0 Å². The van der Waals surface area contributed by atoms with E-state index >= 15 is 0 Å². The minimum atomic E-state index is -0.118. The number of hydrogen-bond acceptors (Lipinski definition) is 5. The summed E-state index contributed by atoms with van der Waals surface area (Å²) in [5, 5.41) is 5.00. The number of carbonyl (C=O) groups is 2. The molecular weight excluding hydrogens is 356 g/mol. The normalized spacial score (nSPS) is 15.8. The third-order valence-corrected chi connectivity index (χ3v) is 5.24. The molecule has 3 aromatic rings. The molecule has 146 valence electrons. The molecule has 1 aromatic heterocycles. The molecule has 1 amide bonds. The molecule has 28 heavy (non-hydrogen) atoms. The lowest BCUT2D eigenvalue weighted by Gasteiger charge is -2.30. The van der Waals surface area contributed by atoms with Crippen molar-refractivity contribution in [1.29, 1.82) is 0 Å². The standard InChI is InChI=1S/C22H24N2O4/c1-2-27-22(26)15-9-11-24(12-10-15)14-21(25)23-16-7-8-20-18(13-16)17-5-3-4-6-19(17)28-20/h3-8,13,15H,2,9-12,14H2,1H3,(H,23,25). The van der Waals surface area contributed by atoms with Crippen LogP contribution >= 0.6 is 0 Å². The fourth-order valence-electron chi connectivity index (χ4n) is 3.79. The van der Waals surface area contributed by atoms with Gasteiger partial charge in [0.2, 0.25) is 5.91 Å². The maximum Gasteiger partial charge on any atom is 0.309 e. The third-order valence-electron chi connectivity index (χ3n) is 5.24. The van der Waals surface area contributed by atoms with E-state index in [1.807, 2.05) is 49.4 Å². The minimum absolute atomic E-state index is 0.0453. The number of hydrogen-bond donors (Lipinski definition) is 1. The van der Waals surface area contributed by atoms with Gasteiger partial charge in [-0.1, -0.05) is 18.2 Å². The van der Waals surface area contributed by atoms with Gasteiger partial charge in [0.25, 0.3) is 0 Å². The Morgan fingerprint density at radius 1 is 1.11 bits per heavy atom. The molecule has 1 N–H and O–H groups in total. The number of benzene rings is 2. The second kappa shape index (κ2) is 8.02. The van der Waals surface area contributed by atoms with Crippen LogP contribution in [0.4, 0.5) is 5.69 Å². The number of anilines is 1. The summed E-state index contributed by atoms with van der Waals surface area (Å²) < 4.78 is 10.9. The molecule has 2 aromatic carbocycles. The largest absolute Gasteiger partial charge is 0.466 e. The quantitative estimate of drug-likeness (QED) is 0.682. The molecule has 0 aliphatic carbocycles. The lowest BCUT2D eigenvalue weighted by molar-refractivity contribution is -0.149. The molecule has 0 saturated carbocycles. The predicted octanol–water partition coefficient (Wildman–Crippen LogP) is 3.80. The SMILES string of the molecule is CCOC(=O)C1CCN(CC(=O)Nc2ccc3oc4ccccc4c3c2)CC1. The number of ether oxygens (including phenoxy) is 1. The fraction of sp³-hybridized carbons (Fsp3) is 0.364. The Balaban J connectivity index is 1.36. The van der Waals surface area contributed by atoms with Crippen molar-refractivity contribution >= 4 is 39.5 Å². The molecule has 0 radical (unpaired) electrons. The molecule has 1 fully saturated rings. The van der Waals surface area contributed by atoms with Crippen LogP contribution in [0.5, 0.6) is 0 Å². The zero-order valence-corrected chi connectivity index (χ0v) is 15.9. The van der Waals surface area contributed by atoms with Gasteiger partial charge in [0.05, 0.1) is 19.1 Å². The van der Waals surface area contributed by atoms with E-state index in [0.29, 0.717) is 13.2 Å². The van der Waals surface area contributed by atoms with Gasteiger partial charge in [0, 0.05) is 16.5 Å². The minimum Gasteiger partial charge on any atom is -0.466 e. The fourth-order valence-corrected chi connectivity index (χ4v) is 3.79. The van der Waals surface area contributed by atoms with Gasteiger partial charge in [-0.2, -0.15) is 0 Å². The van der Waals surface area contributed by atoms with Gasteiger partial charge in [-0.25, -0.2) is 0 Å². The Hall–Kier alpha value is -2.86. The Labute approximate surface area is 163 Å². The summed E-state index contributed by atoms with van der Waals surface area (Å²) in [6.07, 6.45) is 1.47. The van der Waals surface area contributed by atoms with Crippen molar-refractivity contribution in [3.63, 3.8) is 0 Å². The monoisotopic (exact) mass is 380 g/mol. The number of esters is 1. The van der Waals surface area contributed by atoms with Crippen molar-refractivity contribution in [2.45, 2.75) is 19.8 Å². The van der Waals surface area contributed by atoms with Crippen LogP contribution in [0.25, 0.3) is 21.9 Å². The van der Waals surface area contributed by atoms with Crippen LogP contribution in [0.3, 0.4) is 0 Å². The number of nitrogens with zero attached hydrogens (tertiary/aromatic N) is 1. The highest BCUT2D eigenvalue weighted by Crippen LogP contribution is 2.30. The number of furan rings is 1. The van der Waals surface area contributed by atoms with E-state index < -0.39 is 0 Å². The van der Waals surface area contributed by atoms with E-state index in [-0.39, 0.29) is 17.8 Å². The number of piperidine rings is 1. The van der Waals surface area contributed by atoms with Gasteiger partial charge in [-0.15, -0.1) is 0 Å². The van der Waals surface area contributed by atoms with Crippen LogP contribution in [-0.2, 0) is 14.3 Å². The first-order valence-electron chi connectivity index (χ1n) is 9.74. The van der Waals surface area contributed by atoms with E-state index in [9.17, 15) is 9.59 Å². The van der Waals surface area contributed by atoms with Crippen LogP contribution in [0.2, 0.25) is 0 Å². The highest BCUT2D eigenvalue weighted by Gasteiger charge is 2.26. The number of amides is 1. The molecule has 2 heterocycles. The maximum absolute atomic E-state index is 12.5. The molecule has 0 atom stereocenters. The predicted molar refractivity (Wildman–Crippen MR) is 108 cm³/mol. The second-order valence-electron chi connectivity index (χ2n) is 7.16. The first-order valence-corrected chi connectivity index (χ1v) is 9.74. The molecule has 0 unspecified atom stereocenters. The second-order valence-corrected chi connectivity index (χ2v) is 7.16. The van der Waals surface area contributed by atoms with E-state index in [1.54, 1.807) is 0 Å². The molecule has 1 aliphatic heterocycles. The van der Waals surface area contributed by atoms with E-state index in [4.69, 9.17) is 9.15 Å². The highest BCUT2D eigenvalue weighted by molar-refractivity contribution is 6.07. The summed E-state index contributed by atoms with van der Waals surface area (Å²) in [6.45, 7) is 4.00.